The number of carbonyl (C=O) groups is 2. The van der Waals surface area contributed by atoms with Crippen molar-refractivity contribution < 1.29 is 14.7 Å². The molecule has 144 valence electrons. The quantitative estimate of drug-likeness (QED) is 0.210. The normalized spacial score (nSPS) is 10.9. The van der Waals surface area contributed by atoms with E-state index in [1.165, 1.54) is 0 Å². The Morgan fingerprint density at radius 2 is 1.31 bits per heavy atom. The van der Waals surface area contributed by atoms with Crippen molar-refractivity contribution >= 4 is 34.8 Å². The van der Waals surface area contributed by atoms with Gasteiger partial charge in [0.2, 0.25) is 5.78 Å². The first-order valence-corrected chi connectivity index (χ1v) is 9.12. The van der Waals surface area contributed by atoms with Crippen molar-refractivity contribution in [3.05, 3.63) is 113 Å². The van der Waals surface area contributed by atoms with E-state index in [0.717, 1.165) is 17.2 Å². The summed E-state index contributed by atoms with van der Waals surface area (Å²) in [4.78, 5) is 24.3. The SMILES string of the molecule is O=C(C=C(O)c1ccc(Cl)cc1)C(=O)NN=C(c1ccccc1)c1ccccc1. The third-order valence-electron chi connectivity index (χ3n) is 4.00. The van der Waals surface area contributed by atoms with Gasteiger partial charge < -0.3 is 5.11 Å². The molecule has 29 heavy (non-hydrogen) atoms. The second-order valence-corrected chi connectivity index (χ2v) is 6.47. The van der Waals surface area contributed by atoms with Gasteiger partial charge in [-0.3, -0.25) is 9.59 Å². The maximum Gasteiger partial charge on any atom is 0.311 e. The van der Waals surface area contributed by atoms with Crippen LogP contribution in [0.5, 0.6) is 0 Å². The summed E-state index contributed by atoms with van der Waals surface area (Å²) < 4.78 is 0. The molecular weight excluding hydrogens is 388 g/mol. The van der Waals surface area contributed by atoms with E-state index in [4.69, 9.17) is 11.6 Å². The number of halogens is 1. The van der Waals surface area contributed by atoms with Gasteiger partial charge in [0, 0.05) is 27.8 Å². The van der Waals surface area contributed by atoms with Crippen LogP contribution in [0.4, 0.5) is 0 Å². The van der Waals surface area contributed by atoms with E-state index in [2.05, 4.69) is 10.5 Å². The molecule has 0 spiro atoms. The van der Waals surface area contributed by atoms with E-state index in [0.29, 0.717) is 16.3 Å². The van der Waals surface area contributed by atoms with Crippen LogP contribution in [0.1, 0.15) is 16.7 Å². The summed E-state index contributed by atoms with van der Waals surface area (Å²) in [6.45, 7) is 0. The lowest BCUT2D eigenvalue weighted by atomic mass is 10.0. The molecule has 5 nitrogen and oxygen atoms in total. The van der Waals surface area contributed by atoms with Gasteiger partial charge in [0.05, 0.1) is 5.71 Å². The molecule has 3 aromatic rings. The average molecular weight is 405 g/mol. The average Bonchev–Trinajstić information content (AvgIpc) is 2.75. The van der Waals surface area contributed by atoms with Gasteiger partial charge in [-0.2, -0.15) is 5.10 Å². The van der Waals surface area contributed by atoms with E-state index < -0.39 is 11.7 Å². The Morgan fingerprint density at radius 3 is 1.83 bits per heavy atom. The Hall–Kier alpha value is -3.70. The zero-order valence-electron chi connectivity index (χ0n) is 15.2. The molecule has 0 heterocycles. The Balaban J connectivity index is 1.80. The molecule has 0 saturated heterocycles. The monoisotopic (exact) mass is 404 g/mol. The Morgan fingerprint density at radius 1 is 0.793 bits per heavy atom. The van der Waals surface area contributed by atoms with Crippen molar-refractivity contribution in [1.29, 1.82) is 0 Å². The van der Waals surface area contributed by atoms with Crippen LogP contribution in [-0.2, 0) is 9.59 Å². The number of ketones is 1. The molecular formula is C23H17ClN2O3. The van der Waals surface area contributed by atoms with Crippen molar-refractivity contribution in [2.75, 3.05) is 0 Å². The summed E-state index contributed by atoms with van der Waals surface area (Å²) in [5.41, 5.74) is 4.72. The first-order chi connectivity index (χ1) is 14.0. The van der Waals surface area contributed by atoms with E-state index >= 15 is 0 Å². The lowest BCUT2D eigenvalue weighted by Gasteiger charge is -2.07. The summed E-state index contributed by atoms with van der Waals surface area (Å²) in [5, 5.41) is 14.7. The molecule has 0 aliphatic rings. The number of nitrogens with zero attached hydrogens (tertiary/aromatic N) is 1. The number of hydrogen-bond donors (Lipinski definition) is 2. The van der Waals surface area contributed by atoms with Gasteiger partial charge in [-0.1, -0.05) is 72.3 Å². The molecule has 0 fully saturated rings. The molecule has 3 rings (SSSR count). The highest BCUT2D eigenvalue weighted by molar-refractivity contribution is 6.41. The van der Waals surface area contributed by atoms with Crippen molar-refractivity contribution in [2.45, 2.75) is 0 Å². The molecule has 0 aliphatic carbocycles. The van der Waals surface area contributed by atoms with Gasteiger partial charge in [-0.25, -0.2) is 5.43 Å². The number of nitrogens with one attached hydrogen (secondary N) is 1. The summed E-state index contributed by atoms with van der Waals surface area (Å²) in [6.07, 6.45) is 0.846. The van der Waals surface area contributed by atoms with Gasteiger partial charge in [-0.05, 0) is 24.3 Å². The molecule has 1 amide bonds. The smallest absolute Gasteiger partial charge is 0.311 e. The number of hydrogen-bond acceptors (Lipinski definition) is 4. The van der Waals surface area contributed by atoms with Crippen molar-refractivity contribution in [3.63, 3.8) is 0 Å². The van der Waals surface area contributed by atoms with Gasteiger partial charge in [-0.15, -0.1) is 0 Å². The molecule has 6 heteroatoms. The lowest BCUT2D eigenvalue weighted by molar-refractivity contribution is -0.135. The maximum atomic E-state index is 12.2. The van der Waals surface area contributed by atoms with Crippen molar-refractivity contribution in [2.24, 2.45) is 5.10 Å². The fraction of sp³-hybridized carbons (Fsp3) is 0. The van der Waals surface area contributed by atoms with Gasteiger partial charge >= 0.3 is 5.91 Å². The van der Waals surface area contributed by atoms with Crippen LogP contribution in [0.3, 0.4) is 0 Å². The topological polar surface area (TPSA) is 78.8 Å². The number of aliphatic hydroxyl groups is 1. The van der Waals surface area contributed by atoms with Gasteiger partial charge in [0.15, 0.2) is 0 Å². The number of carbonyl (C=O) groups excluding carboxylic acids is 2. The predicted molar refractivity (Wildman–Crippen MR) is 114 cm³/mol. The Kier molecular flexibility index (Phi) is 6.55. The minimum absolute atomic E-state index is 0.336. The van der Waals surface area contributed by atoms with Crippen LogP contribution in [-0.4, -0.2) is 22.5 Å². The number of aliphatic hydroxyl groups excluding tert-OH is 1. The number of amides is 1. The molecule has 2 N–H and O–H groups in total. The number of benzene rings is 3. The molecule has 3 aromatic carbocycles. The maximum absolute atomic E-state index is 12.2. The summed E-state index contributed by atoms with van der Waals surface area (Å²) in [5.74, 6) is -2.23. The van der Waals surface area contributed by atoms with Crippen LogP contribution in [0.2, 0.25) is 5.02 Å². The van der Waals surface area contributed by atoms with Crippen LogP contribution in [0.15, 0.2) is 96.1 Å². The first-order valence-electron chi connectivity index (χ1n) is 8.74. The Labute approximate surface area is 173 Å². The first kappa shape index (κ1) is 20.0. The minimum atomic E-state index is -0.963. The van der Waals surface area contributed by atoms with Crippen LogP contribution >= 0.6 is 11.6 Å². The summed E-state index contributed by atoms with van der Waals surface area (Å²) >= 11 is 5.80. The highest BCUT2D eigenvalue weighted by Crippen LogP contribution is 2.15. The van der Waals surface area contributed by atoms with E-state index in [9.17, 15) is 14.7 Å². The Bertz CT molecular complexity index is 1020. The van der Waals surface area contributed by atoms with E-state index in [1.807, 2.05) is 60.7 Å². The molecule has 0 radical (unpaired) electrons. The largest absolute Gasteiger partial charge is 0.507 e. The second kappa shape index (κ2) is 9.48. The minimum Gasteiger partial charge on any atom is -0.507 e. The van der Waals surface area contributed by atoms with Gasteiger partial charge in [0.25, 0.3) is 0 Å². The molecule has 0 saturated carbocycles. The van der Waals surface area contributed by atoms with Crippen LogP contribution < -0.4 is 5.43 Å². The van der Waals surface area contributed by atoms with Crippen molar-refractivity contribution in [1.82, 2.24) is 5.43 Å². The summed E-state index contributed by atoms with van der Waals surface area (Å²) in [7, 11) is 0. The fourth-order valence-corrected chi connectivity index (χ4v) is 2.67. The molecule has 0 unspecified atom stereocenters. The molecule has 0 atom stereocenters. The highest BCUT2D eigenvalue weighted by atomic mass is 35.5. The number of rotatable bonds is 6. The molecule has 0 bridgehead atoms. The standard InChI is InChI=1S/C23H17ClN2O3/c24-19-13-11-16(12-14-19)20(27)15-21(28)23(29)26-25-22(17-7-3-1-4-8-17)18-9-5-2-6-10-18/h1-15,27H,(H,26,29). The van der Waals surface area contributed by atoms with Crippen LogP contribution in [0.25, 0.3) is 5.76 Å². The zero-order valence-corrected chi connectivity index (χ0v) is 16.0. The van der Waals surface area contributed by atoms with Crippen molar-refractivity contribution in [3.8, 4) is 0 Å². The van der Waals surface area contributed by atoms with E-state index in [1.54, 1.807) is 24.3 Å². The fourth-order valence-electron chi connectivity index (χ4n) is 2.54. The third kappa shape index (κ3) is 5.40. The van der Waals surface area contributed by atoms with Crippen LogP contribution in [0, 0.1) is 0 Å². The van der Waals surface area contributed by atoms with Gasteiger partial charge in [0.1, 0.15) is 5.76 Å². The zero-order chi connectivity index (χ0) is 20.6. The lowest BCUT2D eigenvalue weighted by Crippen LogP contribution is -2.27. The third-order valence-corrected chi connectivity index (χ3v) is 4.25. The summed E-state index contributed by atoms with van der Waals surface area (Å²) in [6, 6.07) is 24.8. The van der Waals surface area contributed by atoms with E-state index in [-0.39, 0.29) is 5.76 Å². The second-order valence-electron chi connectivity index (χ2n) is 6.03. The predicted octanol–water partition coefficient (Wildman–Crippen LogP) is 4.38. The number of hydrazone groups is 1. The molecule has 0 aromatic heterocycles. The molecule has 0 aliphatic heterocycles. The highest BCUT2D eigenvalue weighted by Gasteiger charge is 2.14.